The van der Waals surface area contributed by atoms with Crippen LogP contribution in [0.3, 0.4) is 0 Å². The van der Waals surface area contributed by atoms with Crippen LogP contribution in [0, 0.1) is 0 Å². The Morgan fingerprint density at radius 3 is 1.80 bits per heavy atom. The van der Waals surface area contributed by atoms with E-state index in [4.69, 9.17) is 14.4 Å². The molecule has 7 aromatic carbocycles. The Labute approximate surface area is 296 Å². The SMILES string of the molecule is CC1(c2ccccc2)c2ccccc2-c2cccc(-c3ccccc3-c3cc(-c4cccc5c4oc4ccccc45)nc(-c4ccccc4)n3)c21. The molecular weight excluding hydrogens is 621 g/mol. The predicted octanol–water partition coefficient (Wildman–Crippen LogP) is 12.4. The van der Waals surface area contributed by atoms with Crippen LogP contribution in [0.5, 0.6) is 0 Å². The minimum Gasteiger partial charge on any atom is -0.455 e. The molecule has 0 radical (unpaired) electrons. The first kappa shape index (κ1) is 29.3. The van der Waals surface area contributed by atoms with Crippen molar-refractivity contribution in [3.63, 3.8) is 0 Å². The molecule has 0 saturated heterocycles. The standard InChI is InChI=1S/C48H32N2O/c1-48(32-18-6-3-7-19-32)41-28-12-10-21-34(41)38-25-14-24-37(45(38)48)33-20-8-9-22-35(33)42-30-43(50-47(49-42)31-16-4-2-5-17-31)40-27-15-26-39-36-23-11-13-29-44(36)51-46(39)40/h2-30H,1H3. The molecule has 1 atom stereocenters. The first-order chi connectivity index (χ1) is 25.2. The highest BCUT2D eigenvalue weighted by Crippen LogP contribution is 2.56. The lowest BCUT2D eigenvalue weighted by atomic mass is 9.71. The zero-order valence-electron chi connectivity index (χ0n) is 28.0. The zero-order valence-corrected chi connectivity index (χ0v) is 28.0. The molecular formula is C48H32N2O. The molecule has 9 aromatic rings. The van der Waals surface area contributed by atoms with Gasteiger partial charge in [-0.2, -0.15) is 0 Å². The molecule has 3 heteroatoms. The predicted molar refractivity (Wildman–Crippen MR) is 208 cm³/mol. The van der Waals surface area contributed by atoms with Gasteiger partial charge in [0, 0.05) is 32.9 Å². The molecule has 10 rings (SSSR count). The lowest BCUT2D eigenvalue weighted by molar-refractivity contribution is 0.670. The normalized spacial score (nSPS) is 14.8. The Morgan fingerprint density at radius 2 is 1.00 bits per heavy atom. The molecule has 0 N–H and O–H groups in total. The molecule has 2 aromatic heterocycles. The Balaban J connectivity index is 1.23. The van der Waals surface area contributed by atoms with Gasteiger partial charge in [-0.15, -0.1) is 0 Å². The molecule has 0 fully saturated rings. The van der Waals surface area contributed by atoms with Crippen LogP contribution >= 0.6 is 0 Å². The molecule has 240 valence electrons. The van der Waals surface area contributed by atoms with Gasteiger partial charge in [0.05, 0.1) is 11.4 Å². The lowest BCUT2D eigenvalue weighted by Gasteiger charge is -2.30. The van der Waals surface area contributed by atoms with Gasteiger partial charge in [0.15, 0.2) is 5.82 Å². The smallest absolute Gasteiger partial charge is 0.160 e. The summed E-state index contributed by atoms with van der Waals surface area (Å²) in [4.78, 5) is 10.5. The molecule has 2 heterocycles. The fraction of sp³-hybridized carbons (Fsp3) is 0.0417. The minimum atomic E-state index is -0.347. The maximum Gasteiger partial charge on any atom is 0.160 e. The minimum absolute atomic E-state index is 0.347. The average Bonchev–Trinajstić information content (AvgIpc) is 3.72. The molecule has 3 nitrogen and oxygen atoms in total. The third-order valence-corrected chi connectivity index (χ3v) is 10.6. The Morgan fingerprint density at radius 1 is 0.451 bits per heavy atom. The average molecular weight is 653 g/mol. The van der Waals surface area contributed by atoms with Gasteiger partial charge in [0.1, 0.15) is 11.2 Å². The third-order valence-electron chi connectivity index (χ3n) is 10.6. The van der Waals surface area contributed by atoms with E-state index in [-0.39, 0.29) is 5.41 Å². The number of hydrogen-bond donors (Lipinski definition) is 0. The maximum atomic E-state index is 6.51. The van der Waals surface area contributed by atoms with E-state index in [2.05, 4.69) is 153 Å². The Kier molecular flexibility index (Phi) is 6.62. The van der Waals surface area contributed by atoms with Crippen molar-refractivity contribution in [2.45, 2.75) is 12.3 Å². The molecule has 0 spiro atoms. The van der Waals surface area contributed by atoms with E-state index in [1.807, 2.05) is 30.3 Å². The van der Waals surface area contributed by atoms with Crippen LogP contribution in [0.1, 0.15) is 23.6 Å². The summed E-state index contributed by atoms with van der Waals surface area (Å²) in [5.41, 5.74) is 14.8. The molecule has 1 aliphatic rings. The van der Waals surface area contributed by atoms with Crippen molar-refractivity contribution in [1.29, 1.82) is 0 Å². The van der Waals surface area contributed by atoms with Crippen molar-refractivity contribution in [2.24, 2.45) is 0 Å². The van der Waals surface area contributed by atoms with Gasteiger partial charge in [-0.05, 0) is 64.1 Å². The van der Waals surface area contributed by atoms with E-state index in [9.17, 15) is 0 Å². The number of para-hydroxylation sites is 2. The monoisotopic (exact) mass is 652 g/mol. The molecule has 51 heavy (non-hydrogen) atoms. The third kappa shape index (κ3) is 4.52. The largest absolute Gasteiger partial charge is 0.455 e. The van der Waals surface area contributed by atoms with Crippen molar-refractivity contribution in [3.05, 3.63) is 193 Å². The number of fused-ring (bicyclic) bond motifs is 6. The van der Waals surface area contributed by atoms with Crippen LogP contribution in [0.4, 0.5) is 0 Å². The van der Waals surface area contributed by atoms with Crippen LogP contribution in [0.15, 0.2) is 180 Å². The molecule has 0 aliphatic heterocycles. The van der Waals surface area contributed by atoms with E-state index < -0.39 is 0 Å². The Bertz CT molecular complexity index is 2760. The van der Waals surface area contributed by atoms with Crippen molar-refractivity contribution >= 4 is 21.9 Å². The van der Waals surface area contributed by atoms with E-state index in [1.54, 1.807) is 0 Å². The summed E-state index contributed by atoms with van der Waals surface area (Å²) in [6, 6.07) is 62.1. The van der Waals surface area contributed by atoms with Gasteiger partial charge in [-0.1, -0.05) is 158 Å². The van der Waals surface area contributed by atoms with Gasteiger partial charge in [-0.25, -0.2) is 9.97 Å². The first-order valence-corrected chi connectivity index (χ1v) is 17.4. The molecule has 0 saturated carbocycles. The van der Waals surface area contributed by atoms with Crippen molar-refractivity contribution < 1.29 is 4.42 Å². The van der Waals surface area contributed by atoms with Gasteiger partial charge in [0.2, 0.25) is 0 Å². The second-order valence-corrected chi connectivity index (χ2v) is 13.4. The Hall–Kier alpha value is -6.58. The summed E-state index contributed by atoms with van der Waals surface area (Å²) in [7, 11) is 0. The van der Waals surface area contributed by atoms with Crippen LogP contribution in [-0.2, 0) is 5.41 Å². The van der Waals surface area contributed by atoms with Crippen LogP contribution in [-0.4, -0.2) is 9.97 Å². The van der Waals surface area contributed by atoms with E-state index in [0.717, 1.165) is 55.6 Å². The summed E-state index contributed by atoms with van der Waals surface area (Å²) in [6.07, 6.45) is 0. The molecule has 1 unspecified atom stereocenters. The molecule has 0 amide bonds. The fourth-order valence-corrected chi connectivity index (χ4v) is 8.23. The summed E-state index contributed by atoms with van der Waals surface area (Å²) >= 11 is 0. The number of nitrogens with zero attached hydrogens (tertiary/aromatic N) is 2. The lowest BCUT2D eigenvalue weighted by Crippen LogP contribution is -2.23. The highest BCUT2D eigenvalue weighted by atomic mass is 16.3. The molecule has 0 bridgehead atoms. The quantitative estimate of drug-likeness (QED) is 0.186. The maximum absolute atomic E-state index is 6.51. The van der Waals surface area contributed by atoms with Crippen molar-refractivity contribution in [3.8, 4) is 56.2 Å². The highest BCUT2D eigenvalue weighted by Gasteiger charge is 2.42. The van der Waals surface area contributed by atoms with Crippen molar-refractivity contribution in [2.75, 3.05) is 0 Å². The van der Waals surface area contributed by atoms with Crippen LogP contribution < -0.4 is 0 Å². The van der Waals surface area contributed by atoms with E-state index in [0.29, 0.717) is 5.82 Å². The van der Waals surface area contributed by atoms with Gasteiger partial charge in [0.25, 0.3) is 0 Å². The zero-order chi connectivity index (χ0) is 33.9. The first-order valence-electron chi connectivity index (χ1n) is 17.4. The number of hydrogen-bond acceptors (Lipinski definition) is 3. The van der Waals surface area contributed by atoms with Crippen molar-refractivity contribution in [1.82, 2.24) is 9.97 Å². The fourth-order valence-electron chi connectivity index (χ4n) is 8.23. The number of aromatic nitrogens is 2. The topological polar surface area (TPSA) is 38.9 Å². The number of furan rings is 1. The van der Waals surface area contributed by atoms with Gasteiger partial charge >= 0.3 is 0 Å². The van der Waals surface area contributed by atoms with Gasteiger partial charge in [-0.3, -0.25) is 0 Å². The summed E-state index contributed by atoms with van der Waals surface area (Å²) < 4.78 is 6.51. The number of benzene rings is 7. The second kappa shape index (κ2) is 11.5. The summed E-state index contributed by atoms with van der Waals surface area (Å²) in [5, 5.41) is 2.17. The second-order valence-electron chi connectivity index (χ2n) is 13.4. The van der Waals surface area contributed by atoms with Crippen LogP contribution in [0.2, 0.25) is 0 Å². The van der Waals surface area contributed by atoms with Crippen LogP contribution in [0.25, 0.3) is 78.1 Å². The summed E-state index contributed by atoms with van der Waals surface area (Å²) in [5.74, 6) is 0.672. The van der Waals surface area contributed by atoms with E-state index >= 15 is 0 Å². The molecule has 1 aliphatic carbocycles. The highest BCUT2D eigenvalue weighted by molar-refractivity contribution is 6.09. The number of rotatable bonds is 5. The van der Waals surface area contributed by atoms with Gasteiger partial charge < -0.3 is 4.42 Å². The summed E-state index contributed by atoms with van der Waals surface area (Å²) in [6.45, 7) is 2.38. The van der Waals surface area contributed by atoms with E-state index in [1.165, 1.54) is 33.4 Å².